The van der Waals surface area contributed by atoms with Gasteiger partial charge in [-0.05, 0) is 12.8 Å². The van der Waals surface area contributed by atoms with E-state index in [9.17, 15) is 9.59 Å². The highest BCUT2D eigenvalue weighted by atomic mass is 16.4. The molecule has 7 heteroatoms. The second kappa shape index (κ2) is 5.66. The predicted molar refractivity (Wildman–Crippen MR) is 53.9 cm³/mol. The highest BCUT2D eigenvalue weighted by Gasteiger charge is 2.30. The van der Waals surface area contributed by atoms with Crippen LogP contribution in [0.25, 0.3) is 0 Å². The minimum Gasteiger partial charge on any atom is -0.480 e. The third kappa shape index (κ3) is 2.83. The molecule has 0 spiro atoms. The van der Waals surface area contributed by atoms with Gasteiger partial charge in [-0.2, -0.15) is 0 Å². The highest BCUT2D eigenvalue weighted by molar-refractivity contribution is 5.82. The Morgan fingerprint density at radius 2 is 2.12 bits per heavy atom. The Bertz CT molecular complexity index is 271. The van der Waals surface area contributed by atoms with Gasteiger partial charge in [-0.25, -0.2) is 9.59 Å². The normalized spacial score (nSPS) is 21.9. The molecule has 0 bridgehead atoms. The van der Waals surface area contributed by atoms with Gasteiger partial charge in [-0.3, -0.25) is 0 Å². The molecular formula is C9H16N2O5. The van der Waals surface area contributed by atoms with Gasteiger partial charge in [0.25, 0.3) is 0 Å². The molecule has 0 aliphatic carbocycles. The molecule has 2 amide bonds. The largest absolute Gasteiger partial charge is 0.480 e. The molecule has 0 aromatic carbocycles. The van der Waals surface area contributed by atoms with Crippen LogP contribution < -0.4 is 5.32 Å². The van der Waals surface area contributed by atoms with E-state index in [4.69, 9.17) is 15.3 Å². The number of nitrogens with zero attached hydrogens (tertiary/aromatic N) is 1. The van der Waals surface area contributed by atoms with Crippen molar-refractivity contribution < 1.29 is 24.9 Å². The number of rotatable bonds is 4. The summed E-state index contributed by atoms with van der Waals surface area (Å²) in [6.45, 7) is -0.294. The molecule has 1 saturated heterocycles. The van der Waals surface area contributed by atoms with Crippen LogP contribution in [0.3, 0.4) is 0 Å². The topological polar surface area (TPSA) is 110 Å². The van der Waals surface area contributed by atoms with Crippen molar-refractivity contribution in [2.45, 2.75) is 24.9 Å². The molecular weight excluding hydrogens is 216 g/mol. The maximum Gasteiger partial charge on any atom is 0.328 e. The molecule has 1 aliphatic heterocycles. The van der Waals surface area contributed by atoms with Gasteiger partial charge in [0.1, 0.15) is 0 Å². The summed E-state index contributed by atoms with van der Waals surface area (Å²) in [5, 5.41) is 28.6. The van der Waals surface area contributed by atoms with E-state index < -0.39 is 24.6 Å². The SMILES string of the molecule is O=C(O)C(CO)NC(=O)N1CCCC1CO. The van der Waals surface area contributed by atoms with Crippen LogP contribution in [0.15, 0.2) is 0 Å². The zero-order valence-electron chi connectivity index (χ0n) is 8.80. The Kier molecular flexibility index (Phi) is 4.51. The fourth-order valence-electron chi connectivity index (χ4n) is 1.71. The molecule has 2 atom stereocenters. The van der Waals surface area contributed by atoms with Crippen molar-refractivity contribution >= 4 is 12.0 Å². The minimum absolute atomic E-state index is 0.135. The first-order valence-corrected chi connectivity index (χ1v) is 5.11. The first-order valence-electron chi connectivity index (χ1n) is 5.11. The van der Waals surface area contributed by atoms with Gasteiger partial charge >= 0.3 is 12.0 Å². The summed E-state index contributed by atoms with van der Waals surface area (Å²) < 4.78 is 0. The quantitative estimate of drug-likeness (QED) is 0.476. The van der Waals surface area contributed by atoms with Gasteiger partial charge in [0.2, 0.25) is 0 Å². The van der Waals surface area contributed by atoms with Crippen LogP contribution in [0.4, 0.5) is 4.79 Å². The summed E-state index contributed by atoms with van der Waals surface area (Å²) in [7, 11) is 0. The van der Waals surface area contributed by atoms with E-state index in [1.54, 1.807) is 0 Å². The van der Waals surface area contributed by atoms with E-state index in [0.717, 1.165) is 6.42 Å². The summed E-state index contributed by atoms with van der Waals surface area (Å²) in [4.78, 5) is 23.6. The number of hydrogen-bond acceptors (Lipinski definition) is 4. The number of likely N-dealkylation sites (tertiary alicyclic amines) is 1. The van der Waals surface area contributed by atoms with Gasteiger partial charge in [0.15, 0.2) is 6.04 Å². The Hall–Kier alpha value is -1.34. The number of urea groups is 1. The summed E-state index contributed by atoms with van der Waals surface area (Å²) >= 11 is 0. The second-order valence-corrected chi connectivity index (χ2v) is 3.69. The number of carboxylic acid groups (broad SMARTS) is 1. The Balaban J connectivity index is 2.54. The molecule has 1 aliphatic rings. The lowest BCUT2D eigenvalue weighted by atomic mass is 10.2. The molecule has 0 aromatic heterocycles. The van der Waals surface area contributed by atoms with E-state index in [1.807, 2.05) is 0 Å². The zero-order chi connectivity index (χ0) is 12.1. The van der Waals surface area contributed by atoms with E-state index in [1.165, 1.54) is 4.90 Å². The maximum absolute atomic E-state index is 11.6. The van der Waals surface area contributed by atoms with Crippen molar-refractivity contribution in [1.82, 2.24) is 10.2 Å². The number of aliphatic carboxylic acids is 1. The lowest BCUT2D eigenvalue weighted by molar-refractivity contribution is -0.140. The number of aliphatic hydroxyl groups is 2. The van der Waals surface area contributed by atoms with Crippen LogP contribution in [0.5, 0.6) is 0 Å². The van der Waals surface area contributed by atoms with E-state index >= 15 is 0 Å². The van der Waals surface area contributed by atoms with Gasteiger partial charge < -0.3 is 25.5 Å². The van der Waals surface area contributed by atoms with Gasteiger partial charge in [-0.15, -0.1) is 0 Å². The standard InChI is InChI=1S/C9H16N2O5/c12-4-6-2-1-3-11(6)9(16)10-7(5-13)8(14)15/h6-7,12-13H,1-5H2,(H,10,16)(H,14,15). The van der Waals surface area contributed by atoms with Crippen molar-refractivity contribution in [2.24, 2.45) is 0 Å². The average Bonchev–Trinajstić information content (AvgIpc) is 2.72. The van der Waals surface area contributed by atoms with Crippen LogP contribution in [0.1, 0.15) is 12.8 Å². The minimum atomic E-state index is -1.30. The lowest BCUT2D eigenvalue weighted by Gasteiger charge is -2.24. The van der Waals surface area contributed by atoms with Crippen LogP contribution in [0.2, 0.25) is 0 Å². The van der Waals surface area contributed by atoms with Crippen molar-refractivity contribution in [3.63, 3.8) is 0 Å². The molecule has 1 rings (SSSR count). The van der Waals surface area contributed by atoms with Gasteiger partial charge in [0.05, 0.1) is 19.3 Å². The predicted octanol–water partition coefficient (Wildman–Crippen LogP) is -1.40. The van der Waals surface area contributed by atoms with E-state index in [-0.39, 0.29) is 12.6 Å². The van der Waals surface area contributed by atoms with E-state index in [2.05, 4.69) is 5.32 Å². The molecule has 0 saturated carbocycles. The summed E-state index contributed by atoms with van der Waals surface area (Å²) in [6.07, 6.45) is 1.50. The van der Waals surface area contributed by atoms with E-state index in [0.29, 0.717) is 13.0 Å². The molecule has 7 nitrogen and oxygen atoms in total. The monoisotopic (exact) mass is 232 g/mol. The molecule has 4 N–H and O–H groups in total. The number of aliphatic hydroxyl groups excluding tert-OH is 2. The summed E-state index contributed by atoms with van der Waals surface area (Å²) in [5.41, 5.74) is 0. The van der Waals surface area contributed by atoms with Crippen molar-refractivity contribution in [1.29, 1.82) is 0 Å². The number of hydrogen-bond donors (Lipinski definition) is 4. The van der Waals surface area contributed by atoms with Crippen LogP contribution in [-0.2, 0) is 4.79 Å². The van der Waals surface area contributed by atoms with Crippen molar-refractivity contribution in [3.05, 3.63) is 0 Å². The number of carbonyl (C=O) groups is 2. The first-order chi connectivity index (χ1) is 7.60. The molecule has 92 valence electrons. The summed E-state index contributed by atoms with van der Waals surface area (Å²) in [6, 6.07) is -2.11. The van der Waals surface area contributed by atoms with Crippen LogP contribution in [0, 0.1) is 0 Å². The molecule has 16 heavy (non-hydrogen) atoms. The third-order valence-electron chi connectivity index (χ3n) is 2.63. The van der Waals surface area contributed by atoms with Crippen LogP contribution >= 0.6 is 0 Å². The molecule has 1 fully saturated rings. The van der Waals surface area contributed by atoms with Crippen molar-refractivity contribution in [2.75, 3.05) is 19.8 Å². The van der Waals surface area contributed by atoms with Crippen LogP contribution in [-0.4, -0.2) is 64.1 Å². The molecule has 2 unspecified atom stereocenters. The Labute approximate surface area is 92.7 Å². The fraction of sp³-hybridized carbons (Fsp3) is 0.778. The average molecular weight is 232 g/mol. The van der Waals surface area contributed by atoms with Crippen molar-refractivity contribution in [3.8, 4) is 0 Å². The molecule has 0 aromatic rings. The molecule has 0 radical (unpaired) electrons. The fourth-order valence-corrected chi connectivity index (χ4v) is 1.71. The maximum atomic E-state index is 11.6. The summed E-state index contributed by atoms with van der Waals surface area (Å²) in [5.74, 6) is -1.28. The molecule has 1 heterocycles. The van der Waals surface area contributed by atoms with Gasteiger partial charge in [-0.1, -0.05) is 0 Å². The Morgan fingerprint density at radius 1 is 1.44 bits per heavy atom. The van der Waals surface area contributed by atoms with Gasteiger partial charge in [0, 0.05) is 6.54 Å². The smallest absolute Gasteiger partial charge is 0.328 e. The highest BCUT2D eigenvalue weighted by Crippen LogP contribution is 2.16. The number of carboxylic acids is 1. The third-order valence-corrected chi connectivity index (χ3v) is 2.63. The lowest BCUT2D eigenvalue weighted by Crippen LogP contribution is -2.51. The Morgan fingerprint density at radius 3 is 2.62 bits per heavy atom. The number of carbonyl (C=O) groups excluding carboxylic acids is 1. The first kappa shape index (κ1) is 12.7. The number of amides is 2. The second-order valence-electron chi connectivity index (χ2n) is 3.69. The number of nitrogens with one attached hydrogen (secondary N) is 1. The zero-order valence-corrected chi connectivity index (χ0v) is 8.80.